The van der Waals surface area contributed by atoms with Gasteiger partial charge in [0.2, 0.25) is 5.76 Å². The summed E-state index contributed by atoms with van der Waals surface area (Å²) in [7, 11) is 2.92. The third-order valence-corrected chi connectivity index (χ3v) is 3.92. The highest BCUT2D eigenvalue weighted by Gasteiger charge is 2.15. The van der Waals surface area contributed by atoms with Gasteiger partial charge >= 0.3 is 5.97 Å². The minimum absolute atomic E-state index is 0.171. The van der Waals surface area contributed by atoms with Crippen LogP contribution in [0.1, 0.15) is 35.7 Å². The summed E-state index contributed by atoms with van der Waals surface area (Å²) in [5, 5.41) is 0. The lowest BCUT2D eigenvalue weighted by Gasteiger charge is -2.07. The third-order valence-electron chi connectivity index (χ3n) is 3.92. The Morgan fingerprint density at radius 1 is 1.04 bits per heavy atom. The van der Waals surface area contributed by atoms with Crippen molar-refractivity contribution in [3.05, 3.63) is 65.7 Å². The van der Waals surface area contributed by atoms with E-state index in [0.717, 1.165) is 22.6 Å². The van der Waals surface area contributed by atoms with Crippen molar-refractivity contribution in [2.24, 2.45) is 0 Å². The molecule has 6 heteroatoms. The van der Waals surface area contributed by atoms with E-state index in [1.54, 1.807) is 26.3 Å². The fraction of sp³-hybridized carbons (Fsp3) is 0.273. The molecule has 0 aliphatic heterocycles. The number of esters is 1. The van der Waals surface area contributed by atoms with Crippen LogP contribution in [0.2, 0.25) is 0 Å². The molecule has 0 saturated heterocycles. The lowest BCUT2D eigenvalue weighted by atomic mass is 10.1. The summed E-state index contributed by atoms with van der Waals surface area (Å²) >= 11 is 0. The second-order valence-corrected chi connectivity index (χ2v) is 5.58. The topological polar surface area (TPSA) is 70.8 Å². The van der Waals surface area contributed by atoms with E-state index >= 15 is 0 Å². The number of rotatable bonds is 6. The van der Waals surface area contributed by atoms with Gasteiger partial charge in [0.25, 0.3) is 0 Å². The number of methoxy groups -OCH3 is 2. The van der Waals surface area contributed by atoms with Crippen molar-refractivity contribution in [1.29, 1.82) is 0 Å². The lowest BCUT2D eigenvalue weighted by molar-refractivity contribution is 0.0563. The van der Waals surface area contributed by atoms with Crippen molar-refractivity contribution in [2.45, 2.75) is 27.4 Å². The smallest absolute Gasteiger partial charge is 0.373 e. The number of furan rings is 1. The largest absolute Gasteiger partial charge is 0.495 e. The standard InChI is InChI=1S/C20H19NO5.C2H6/c1-13-15(10-19(26-13)20(22)24-3)12-25-16-6-4-14(5-7-16)18-9-8-17(23-2)11-21-18;1-2/h4-11H,12H2,1-3H3;1-2H3. The van der Waals surface area contributed by atoms with Crippen molar-refractivity contribution < 1.29 is 23.4 Å². The Kier molecular flexibility index (Phi) is 7.63. The second-order valence-electron chi connectivity index (χ2n) is 5.58. The highest BCUT2D eigenvalue weighted by Crippen LogP contribution is 2.23. The van der Waals surface area contributed by atoms with Gasteiger partial charge in [-0.15, -0.1) is 0 Å². The Balaban J connectivity index is 0.00000136. The number of carbonyl (C=O) groups is 1. The highest BCUT2D eigenvalue weighted by atomic mass is 16.5. The fourth-order valence-corrected chi connectivity index (χ4v) is 2.42. The van der Waals surface area contributed by atoms with Crippen LogP contribution in [0.3, 0.4) is 0 Å². The molecule has 0 amide bonds. The number of hydrogen-bond donors (Lipinski definition) is 0. The molecule has 0 spiro atoms. The molecule has 0 unspecified atom stereocenters. The minimum Gasteiger partial charge on any atom is -0.495 e. The number of aryl methyl sites for hydroxylation is 1. The Hall–Kier alpha value is -3.28. The van der Waals surface area contributed by atoms with Crippen molar-refractivity contribution in [3.8, 4) is 22.8 Å². The van der Waals surface area contributed by atoms with Crippen LogP contribution in [0.15, 0.2) is 53.1 Å². The van der Waals surface area contributed by atoms with Crippen LogP contribution in [0.25, 0.3) is 11.3 Å². The molecule has 2 heterocycles. The number of hydrogen-bond acceptors (Lipinski definition) is 6. The molecule has 148 valence electrons. The number of nitrogens with zero attached hydrogens (tertiary/aromatic N) is 1. The number of ether oxygens (including phenoxy) is 3. The molecule has 0 aliphatic rings. The zero-order valence-electron chi connectivity index (χ0n) is 16.8. The van der Waals surface area contributed by atoms with E-state index in [2.05, 4.69) is 9.72 Å². The Morgan fingerprint density at radius 3 is 2.29 bits per heavy atom. The molecule has 0 atom stereocenters. The molecule has 1 aromatic carbocycles. The Labute approximate surface area is 165 Å². The van der Waals surface area contributed by atoms with E-state index < -0.39 is 5.97 Å². The van der Waals surface area contributed by atoms with Gasteiger partial charge in [0, 0.05) is 11.1 Å². The van der Waals surface area contributed by atoms with E-state index in [1.165, 1.54) is 7.11 Å². The summed E-state index contributed by atoms with van der Waals surface area (Å²) in [5.41, 5.74) is 2.63. The maximum atomic E-state index is 11.5. The first-order valence-electron chi connectivity index (χ1n) is 9.01. The van der Waals surface area contributed by atoms with E-state index in [0.29, 0.717) is 18.1 Å². The molecule has 0 fully saturated rings. The predicted octanol–water partition coefficient (Wildman–Crippen LogP) is 5.05. The van der Waals surface area contributed by atoms with Gasteiger partial charge in [0.05, 0.1) is 26.1 Å². The molecule has 0 bridgehead atoms. The van der Waals surface area contributed by atoms with Gasteiger partial charge in [-0.05, 0) is 49.4 Å². The fourth-order valence-electron chi connectivity index (χ4n) is 2.42. The maximum Gasteiger partial charge on any atom is 0.373 e. The molecule has 3 rings (SSSR count). The molecule has 6 nitrogen and oxygen atoms in total. The van der Waals surface area contributed by atoms with Gasteiger partial charge < -0.3 is 18.6 Å². The van der Waals surface area contributed by atoms with Crippen LogP contribution in [0.4, 0.5) is 0 Å². The summed E-state index contributed by atoms with van der Waals surface area (Å²) < 4.78 is 20.9. The van der Waals surface area contributed by atoms with Gasteiger partial charge in [-0.3, -0.25) is 4.98 Å². The first kappa shape index (κ1) is 21.0. The first-order chi connectivity index (χ1) is 13.6. The van der Waals surface area contributed by atoms with Crippen molar-refractivity contribution in [3.63, 3.8) is 0 Å². The zero-order valence-corrected chi connectivity index (χ0v) is 16.8. The highest BCUT2D eigenvalue weighted by molar-refractivity contribution is 5.86. The number of pyridine rings is 1. The zero-order chi connectivity index (χ0) is 20.5. The minimum atomic E-state index is -0.504. The normalized spacial score (nSPS) is 9.89. The predicted molar refractivity (Wildman–Crippen MR) is 107 cm³/mol. The van der Waals surface area contributed by atoms with Crippen LogP contribution in [0.5, 0.6) is 11.5 Å². The van der Waals surface area contributed by atoms with Crippen LogP contribution in [-0.2, 0) is 11.3 Å². The maximum absolute atomic E-state index is 11.5. The van der Waals surface area contributed by atoms with E-state index in [1.807, 2.05) is 50.2 Å². The summed E-state index contributed by atoms with van der Waals surface area (Å²) in [6.45, 7) is 6.08. The van der Waals surface area contributed by atoms with Crippen LogP contribution < -0.4 is 9.47 Å². The molecule has 28 heavy (non-hydrogen) atoms. The molecular weight excluding hydrogens is 358 g/mol. The third kappa shape index (κ3) is 5.13. The van der Waals surface area contributed by atoms with Gasteiger partial charge in [0.1, 0.15) is 23.9 Å². The molecule has 0 saturated carbocycles. The summed E-state index contributed by atoms with van der Waals surface area (Å²) in [5.74, 6) is 1.72. The van der Waals surface area contributed by atoms with E-state index in [9.17, 15) is 4.79 Å². The quantitative estimate of drug-likeness (QED) is 0.555. The van der Waals surface area contributed by atoms with Crippen LogP contribution in [-0.4, -0.2) is 25.2 Å². The Morgan fingerprint density at radius 2 is 1.71 bits per heavy atom. The average Bonchev–Trinajstić information content (AvgIpc) is 3.14. The molecule has 0 aliphatic carbocycles. The monoisotopic (exact) mass is 383 g/mol. The summed E-state index contributed by atoms with van der Waals surface area (Å²) in [6.07, 6.45) is 1.68. The van der Waals surface area contributed by atoms with Gasteiger partial charge in [-0.1, -0.05) is 13.8 Å². The lowest BCUT2D eigenvalue weighted by Crippen LogP contribution is -1.99. The van der Waals surface area contributed by atoms with Crippen LogP contribution in [0, 0.1) is 6.92 Å². The molecule has 0 N–H and O–H groups in total. The first-order valence-corrected chi connectivity index (χ1v) is 9.01. The number of aromatic nitrogens is 1. The second kappa shape index (κ2) is 10.2. The van der Waals surface area contributed by atoms with E-state index in [4.69, 9.17) is 13.9 Å². The number of benzene rings is 1. The Bertz CT molecular complexity index is 882. The van der Waals surface area contributed by atoms with Crippen LogP contribution >= 0.6 is 0 Å². The van der Waals surface area contributed by atoms with Crippen molar-refractivity contribution in [2.75, 3.05) is 14.2 Å². The van der Waals surface area contributed by atoms with Gasteiger partial charge in [-0.25, -0.2) is 4.79 Å². The van der Waals surface area contributed by atoms with Gasteiger partial charge in [0.15, 0.2) is 0 Å². The molecule has 0 radical (unpaired) electrons. The SMILES string of the molecule is CC.COC(=O)c1cc(COc2ccc(-c3ccc(OC)cn3)cc2)c(C)o1. The van der Waals surface area contributed by atoms with Gasteiger partial charge in [-0.2, -0.15) is 0 Å². The summed E-state index contributed by atoms with van der Waals surface area (Å²) in [6, 6.07) is 13.0. The van der Waals surface area contributed by atoms with E-state index in [-0.39, 0.29) is 5.76 Å². The van der Waals surface area contributed by atoms with Crippen molar-refractivity contribution in [1.82, 2.24) is 4.98 Å². The average molecular weight is 383 g/mol. The molecular formula is C22H25NO5. The summed E-state index contributed by atoms with van der Waals surface area (Å²) in [4.78, 5) is 15.9. The molecule has 3 aromatic rings. The van der Waals surface area contributed by atoms with Crippen molar-refractivity contribution >= 4 is 5.97 Å². The molecule has 2 aromatic heterocycles. The number of carbonyl (C=O) groups excluding carboxylic acids is 1.